The number of benzene rings is 1. The maximum atomic E-state index is 11.7. The van der Waals surface area contributed by atoms with E-state index in [0.29, 0.717) is 6.54 Å². The van der Waals surface area contributed by atoms with E-state index in [1.165, 1.54) is 12.1 Å². The molecule has 0 atom stereocenters. The number of nitrogens with one attached hydrogen (secondary N) is 1. The van der Waals surface area contributed by atoms with Crippen LogP contribution in [0.1, 0.15) is 10.4 Å². The first-order valence-electron chi connectivity index (χ1n) is 5.13. The third-order valence-corrected chi connectivity index (χ3v) is 2.42. The molecule has 1 aromatic carbocycles. The topological polar surface area (TPSA) is 98.3 Å². The number of hydrogen-bond acceptors (Lipinski definition) is 4. The van der Waals surface area contributed by atoms with Crippen LogP contribution in [0, 0.1) is 10.1 Å². The van der Waals surface area contributed by atoms with Crippen molar-refractivity contribution in [3.63, 3.8) is 0 Å². The van der Waals surface area contributed by atoms with Crippen molar-refractivity contribution >= 4 is 23.2 Å². The van der Waals surface area contributed by atoms with Gasteiger partial charge in [-0.2, -0.15) is 0 Å². The second-order valence-corrected chi connectivity index (χ2v) is 3.75. The van der Waals surface area contributed by atoms with Crippen LogP contribution in [-0.2, 0) is 0 Å². The number of rotatable bonds is 5. The molecule has 0 aliphatic heterocycles. The lowest BCUT2D eigenvalue weighted by Gasteiger charge is -2.04. The minimum Gasteiger partial charge on any atom is -0.349 e. The predicted octanol–water partition coefficient (Wildman–Crippen LogP) is 1.49. The van der Waals surface area contributed by atoms with Crippen molar-refractivity contribution in [3.05, 3.63) is 51.1 Å². The Balaban J connectivity index is 2.81. The predicted molar refractivity (Wildman–Crippen MR) is 68.6 cm³/mol. The molecule has 18 heavy (non-hydrogen) atoms. The highest BCUT2D eigenvalue weighted by Gasteiger charge is 2.14. The normalized spacial score (nSPS) is 10.6. The molecule has 6 nitrogen and oxygen atoms in total. The zero-order valence-corrected chi connectivity index (χ0v) is 10.2. The number of nitrogens with two attached hydrogens (primary N) is 1. The fraction of sp³-hybridized carbons (Fsp3) is 0.182. The molecule has 0 bridgehead atoms. The van der Waals surface area contributed by atoms with Gasteiger partial charge in [0.05, 0.1) is 15.5 Å². The Kier molecular flexibility index (Phi) is 5.29. The van der Waals surface area contributed by atoms with Crippen LogP contribution in [0.4, 0.5) is 5.69 Å². The molecule has 0 spiro atoms. The maximum Gasteiger partial charge on any atom is 0.270 e. The minimum absolute atomic E-state index is 0.0759. The van der Waals surface area contributed by atoms with Gasteiger partial charge in [0, 0.05) is 25.2 Å². The Bertz CT molecular complexity index is 488. The van der Waals surface area contributed by atoms with Gasteiger partial charge in [0.2, 0.25) is 0 Å². The zero-order chi connectivity index (χ0) is 13.5. The number of non-ortho nitro benzene ring substituents is 1. The molecular formula is C11H12ClN3O3. The van der Waals surface area contributed by atoms with E-state index in [4.69, 9.17) is 17.3 Å². The van der Waals surface area contributed by atoms with Gasteiger partial charge in [-0.05, 0) is 6.07 Å². The maximum absolute atomic E-state index is 11.7. The SMILES string of the molecule is NC/C=C/CNC(=O)c1cc([N+](=O)[O-])ccc1Cl. The van der Waals surface area contributed by atoms with Crippen molar-refractivity contribution in [2.45, 2.75) is 0 Å². The number of nitrogens with zero attached hydrogens (tertiary/aromatic N) is 1. The van der Waals surface area contributed by atoms with E-state index in [9.17, 15) is 14.9 Å². The molecule has 7 heteroatoms. The smallest absolute Gasteiger partial charge is 0.270 e. The molecule has 96 valence electrons. The molecule has 0 unspecified atom stereocenters. The van der Waals surface area contributed by atoms with E-state index < -0.39 is 10.8 Å². The number of hydrogen-bond donors (Lipinski definition) is 2. The summed E-state index contributed by atoms with van der Waals surface area (Å²) in [6.45, 7) is 0.669. The summed E-state index contributed by atoms with van der Waals surface area (Å²) < 4.78 is 0. The highest BCUT2D eigenvalue weighted by atomic mass is 35.5. The van der Waals surface area contributed by atoms with Crippen molar-refractivity contribution < 1.29 is 9.72 Å². The lowest BCUT2D eigenvalue weighted by Crippen LogP contribution is -2.23. The monoisotopic (exact) mass is 269 g/mol. The zero-order valence-electron chi connectivity index (χ0n) is 9.43. The fourth-order valence-electron chi connectivity index (χ4n) is 1.23. The number of nitro benzene ring substituents is 1. The third kappa shape index (κ3) is 3.83. The summed E-state index contributed by atoms with van der Waals surface area (Å²) >= 11 is 5.81. The molecule has 0 radical (unpaired) electrons. The molecule has 0 aliphatic rings. The van der Waals surface area contributed by atoms with E-state index >= 15 is 0 Å². The highest BCUT2D eigenvalue weighted by molar-refractivity contribution is 6.33. The van der Waals surface area contributed by atoms with Crippen LogP contribution in [0.3, 0.4) is 0 Å². The Morgan fingerprint density at radius 3 is 2.83 bits per heavy atom. The molecule has 0 saturated carbocycles. The lowest BCUT2D eigenvalue weighted by atomic mass is 10.2. The van der Waals surface area contributed by atoms with E-state index in [-0.39, 0.29) is 22.8 Å². The molecule has 0 heterocycles. The molecule has 0 aromatic heterocycles. The summed E-state index contributed by atoms with van der Waals surface area (Å²) in [5, 5.41) is 13.3. The number of carbonyl (C=O) groups excluding carboxylic acids is 1. The highest BCUT2D eigenvalue weighted by Crippen LogP contribution is 2.21. The second-order valence-electron chi connectivity index (χ2n) is 3.34. The average molecular weight is 270 g/mol. The minimum atomic E-state index is -0.582. The van der Waals surface area contributed by atoms with Gasteiger partial charge in [-0.15, -0.1) is 0 Å². The van der Waals surface area contributed by atoms with Crippen molar-refractivity contribution in [2.75, 3.05) is 13.1 Å². The number of amides is 1. The molecular weight excluding hydrogens is 258 g/mol. The number of halogens is 1. The van der Waals surface area contributed by atoms with E-state index in [2.05, 4.69) is 5.32 Å². The molecule has 3 N–H and O–H groups in total. The Hall–Kier alpha value is -1.92. The van der Waals surface area contributed by atoms with E-state index in [1.54, 1.807) is 12.2 Å². The molecule has 0 aliphatic carbocycles. The van der Waals surface area contributed by atoms with Gasteiger partial charge in [-0.3, -0.25) is 14.9 Å². The fourth-order valence-corrected chi connectivity index (χ4v) is 1.43. The first kappa shape index (κ1) is 14.1. The van der Waals surface area contributed by atoms with Crippen LogP contribution in [0.2, 0.25) is 5.02 Å². The van der Waals surface area contributed by atoms with Crippen LogP contribution in [0.5, 0.6) is 0 Å². The van der Waals surface area contributed by atoms with Crippen LogP contribution in [0.15, 0.2) is 30.4 Å². The summed E-state index contributed by atoms with van der Waals surface area (Å²) in [4.78, 5) is 21.7. The first-order chi connectivity index (χ1) is 8.56. The van der Waals surface area contributed by atoms with Crippen molar-refractivity contribution in [2.24, 2.45) is 5.73 Å². The Morgan fingerprint density at radius 2 is 2.22 bits per heavy atom. The van der Waals surface area contributed by atoms with E-state index in [0.717, 1.165) is 6.07 Å². The molecule has 0 fully saturated rings. The molecule has 1 aromatic rings. The van der Waals surface area contributed by atoms with Crippen LogP contribution < -0.4 is 11.1 Å². The molecule has 0 saturated heterocycles. The van der Waals surface area contributed by atoms with Crippen molar-refractivity contribution in [1.29, 1.82) is 0 Å². The Morgan fingerprint density at radius 1 is 1.50 bits per heavy atom. The van der Waals surface area contributed by atoms with Gasteiger partial charge in [-0.1, -0.05) is 23.8 Å². The summed E-state index contributed by atoms with van der Waals surface area (Å²) in [5.41, 5.74) is 5.14. The van der Waals surface area contributed by atoms with Gasteiger partial charge in [0.15, 0.2) is 0 Å². The van der Waals surface area contributed by atoms with Gasteiger partial charge in [0.25, 0.3) is 11.6 Å². The van der Waals surface area contributed by atoms with Gasteiger partial charge in [0.1, 0.15) is 0 Å². The lowest BCUT2D eigenvalue weighted by molar-refractivity contribution is -0.384. The standard InChI is InChI=1S/C11H12ClN3O3/c12-10-4-3-8(15(17)18)7-9(10)11(16)14-6-2-1-5-13/h1-4,7H,5-6,13H2,(H,14,16)/b2-1+. The quantitative estimate of drug-likeness (QED) is 0.481. The van der Waals surface area contributed by atoms with Crippen LogP contribution in [0.25, 0.3) is 0 Å². The Labute approximate surface area is 109 Å². The van der Waals surface area contributed by atoms with Gasteiger partial charge in [-0.25, -0.2) is 0 Å². The number of carbonyl (C=O) groups is 1. The third-order valence-electron chi connectivity index (χ3n) is 2.09. The van der Waals surface area contributed by atoms with Gasteiger partial charge >= 0.3 is 0 Å². The van der Waals surface area contributed by atoms with Crippen molar-refractivity contribution in [3.8, 4) is 0 Å². The molecule has 1 rings (SSSR count). The summed E-state index contributed by atoms with van der Waals surface area (Å²) in [7, 11) is 0. The van der Waals surface area contributed by atoms with Gasteiger partial charge < -0.3 is 11.1 Å². The van der Waals surface area contributed by atoms with E-state index in [1.807, 2.05) is 0 Å². The van der Waals surface area contributed by atoms with Crippen LogP contribution >= 0.6 is 11.6 Å². The summed E-state index contributed by atoms with van der Waals surface area (Å²) in [5.74, 6) is -0.467. The summed E-state index contributed by atoms with van der Waals surface area (Å²) in [6, 6.07) is 3.71. The average Bonchev–Trinajstić information content (AvgIpc) is 2.34. The first-order valence-corrected chi connectivity index (χ1v) is 5.51. The number of nitro groups is 1. The molecule has 1 amide bonds. The van der Waals surface area contributed by atoms with Crippen molar-refractivity contribution in [1.82, 2.24) is 5.32 Å². The largest absolute Gasteiger partial charge is 0.349 e. The van der Waals surface area contributed by atoms with Crippen LogP contribution in [-0.4, -0.2) is 23.9 Å². The summed E-state index contributed by atoms with van der Waals surface area (Å²) in [6.07, 6.45) is 3.37. The second kappa shape index (κ2) is 6.73.